The van der Waals surface area contributed by atoms with E-state index in [1.165, 1.54) is 0 Å². The molecule has 3 rings (SSSR count). The first-order valence-corrected chi connectivity index (χ1v) is 8.60. The molecular weight excluding hydrogens is 310 g/mol. The first-order valence-electron chi connectivity index (χ1n) is 7.72. The van der Waals surface area contributed by atoms with Gasteiger partial charge in [0, 0.05) is 50.5 Å². The molecule has 1 N–H and O–H groups in total. The maximum Gasteiger partial charge on any atom is 0.243 e. The van der Waals surface area contributed by atoms with E-state index in [0.29, 0.717) is 6.54 Å². The number of thiazole rings is 1. The standard InChI is InChI=1S/C16H21N5OS/c1-20(2)14-12(5-3-7-17-14)11-19-15(22)13-6-4-9-21(13)16-18-8-10-23-16/h3,5,7-8,10,13H,4,6,9,11H2,1-2H3,(H,19,22)/t13-/m0/s1. The fourth-order valence-corrected chi connectivity index (χ4v) is 3.62. The largest absolute Gasteiger partial charge is 0.362 e. The molecule has 122 valence electrons. The summed E-state index contributed by atoms with van der Waals surface area (Å²) in [5.41, 5.74) is 1.02. The van der Waals surface area contributed by atoms with Crippen LogP contribution in [0.15, 0.2) is 29.9 Å². The van der Waals surface area contributed by atoms with Gasteiger partial charge in [0.05, 0.1) is 0 Å². The quantitative estimate of drug-likeness (QED) is 0.906. The van der Waals surface area contributed by atoms with Crippen molar-refractivity contribution in [3.05, 3.63) is 35.5 Å². The average molecular weight is 331 g/mol. The van der Waals surface area contributed by atoms with Gasteiger partial charge in [0.25, 0.3) is 0 Å². The van der Waals surface area contributed by atoms with Crippen LogP contribution in [0.3, 0.4) is 0 Å². The van der Waals surface area contributed by atoms with Crippen LogP contribution in [0.1, 0.15) is 18.4 Å². The van der Waals surface area contributed by atoms with Crippen LogP contribution in [0.2, 0.25) is 0 Å². The zero-order valence-electron chi connectivity index (χ0n) is 13.4. The van der Waals surface area contributed by atoms with E-state index in [4.69, 9.17) is 0 Å². The van der Waals surface area contributed by atoms with E-state index in [1.54, 1.807) is 23.7 Å². The number of aromatic nitrogens is 2. The Bertz CT molecular complexity index is 658. The number of rotatable bonds is 5. The lowest BCUT2D eigenvalue weighted by Gasteiger charge is -2.23. The number of carbonyl (C=O) groups is 1. The summed E-state index contributed by atoms with van der Waals surface area (Å²) < 4.78 is 0. The molecule has 7 heteroatoms. The van der Waals surface area contributed by atoms with Crippen molar-refractivity contribution in [3.63, 3.8) is 0 Å². The predicted octanol–water partition coefficient (Wildman–Crippen LogP) is 1.89. The highest BCUT2D eigenvalue weighted by atomic mass is 32.1. The molecule has 0 aromatic carbocycles. The average Bonchev–Trinajstić information content (AvgIpc) is 3.23. The second-order valence-corrected chi connectivity index (χ2v) is 6.64. The van der Waals surface area contributed by atoms with Crippen LogP contribution in [0.4, 0.5) is 10.9 Å². The first-order chi connectivity index (χ1) is 11.2. The fourth-order valence-electron chi connectivity index (χ4n) is 2.90. The highest BCUT2D eigenvalue weighted by Crippen LogP contribution is 2.27. The van der Waals surface area contributed by atoms with Crippen LogP contribution < -0.4 is 15.1 Å². The summed E-state index contributed by atoms with van der Waals surface area (Å²) in [6.07, 6.45) is 5.45. The minimum Gasteiger partial charge on any atom is -0.362 e. The van der Waals surface area contributed by atoms with Gasteiger partial charge in [0.1, 0.15) is 11.9 Å². The van der Waals surface area contributed by atoms with Crippen molar-refractivity contribution in [2.75, 3.05) is 30.4 Å². The Labute approximate surface area is 140 Å². The number of anilines is 2. The van der Waals surface area contributed by atoms with Crippen molar-refractivity contribution >= 4 is 28.2 Å². The second kappa shape index (κ2) is 6.95. The Balaban J connectivity index is 1.66. The Morgan fingerprint density at radius 1 is 1.43 bits per heavy atom. The van der Waals surface area contributed by atoms with Gasteiger partial charge in [-0.25, -0.2) is 9.97 Å². The third-order valence-electron chi connectivity index (χ3n) is 3.96. The Morgan fingerprint density at radius 2 is 2.30 bits per heavy atom. The van der Waals surface area contributed by atoms with Crippen LogP contribution in [0.25, 0.3) is 0 Å². The molecule has 0 aliphatic carbocycles. The lowest BCUT2D eigenvalue weighted by molar-refractivity contribution is -0.122. The van der Waals surface area contributed by atoms with Gasteiger partial charge in [-0.3, -0.25) is 4.79 Å². The van der Waals surface area contributed by atoms with Gasteiger partial charge >= 0.3 is 0 Å². The molecule has 6 nitrogen and oxygen atoms in total. The summed E-state index contributed by atoms with van der Waals surface area (Å²) in [5.74, 6) is 0.947. The molecule has 0 spiro atoms. The van der Waals surface area contributed by atoms with Gasteiger partial charge in [-0.1, -0.05) is 6.07 Å². The van der Waals surface area contributed by atoms with Crippen LogP contribution in [0, 0.1) is 0 Å². The van der Waals surface area contributed by atoms with Crippen LogP contribution >= 0.6 is 11.3 Å². The van der Waals surface area contributed by atoms with Crippen LogP contribution in [-0.4, -0.2) is 42.6 Å². The summed E-state index contributed by atoms with van der Waals surface area (Å²) in [7, 11) is 3.91. The lowest BCUT2D eigenvalue weighted by atomic mass is 10.2. The van der Waals surface area contributed by atoms with E-state index in [-0.39, 0.29) is 11.9 Å². The fraction of sp³-hybridized carbons (Fsp3) is 0.438. The van der Waals surface area contributed by atoms with E-state index < -0.39 is 0 Å². The Kier molecular flexibility index (Phi) is 4.76. The molecule has 1 aliphatic rings. The molecule has 2 aromatic heterocycles. The second-order valence-electron chi connectivity index (χ2n) is 5.76. The Hall–Kier alpha value is -2.15. The number of hydrogen-bond acceptors (Lipinski definition) is 6. The highest BCUT2D eigenvalue weighted by Gasteiger charge is 2.32. The van der Waals surface area contributed by atoms with Gasteiger partial charge < -0.3 is 15.1 Å². The molecule has 1 atom stereocenters. The molecule has 0 radical (unpaired) electrons. The molecule has 3 heterocycles. The van der Waals surface area contributed by atoms with Gasteiger partial charge in [-0.2, -0.15) is 0 Å². The van der Waals surface area contributed by atoms with Crippen molar-refractivity contribution in [2.45, 2.75) is 25.4 Å². The van der Waals surface area contributed by atoms with E-state index in [9.17, 15) is 4.79 Å². The van der Waals surface area contributed by atoms with Crippen molar-refractivity contribution in [2.24, 2.45) is 0 Å². The molecule has 1 aliphatic heterocycles. The topological polar surface area (TPSA) is 61.4 Å². The van der Waals surface area contributed by atoms with E-state index in [0.717, 1.165) is 35.9 Å². The smallest absolute Gasteiger partial charge is 0.243 e. The number of hydrogen-bond donors (Lipinski definition) is 1. The molecule has 1 amide bonds. The van der Waals surface area contributed by atoms with Gasteiger partial charge in [-0.15, -0.1) is 11.3 Å². The molecular formula is C16H21N5OS. The van der Waals surface area contributed by atoms with Crippen molar-refractivity contribution in [1.82, 2.24) is 15.3 Å². The summed E-state index contributed by atoms with van der Waals surface area (Å²) >= 11 is 1.58. The SMILES string of the molecule is CN(C)c1ncccc1CNC(=O)[C@@H]1CCCN1c1nccs1. The minimum atomic E-state index is -0.124. The van der Waals surface area contributed by atoms with Crippen molar-refractivity contribution in [3.8, 4) is 0 Å². The maximum atomic E-state index is 12.6. The van der Waals surface area contributed by atoms with Gasteiger partial charge in [0.2, 0.25) is 5.91 Å². The summed E-state index contributed by atoms with van der Waals surface area (Å²) in [4.78, 5) is 25.4. The molecule has 1 saturated heterocycles. The van der Waals surface area contributed by atoms with E-state index >= 15 is 0 Å². The minimum absolute atomic E-state index is 0.0614. The first kappa shape index (κ1) is 15.7. The lowest BCUT2D eigenvalue weighted by Crippen LogP contribution is -2.43. The summed E-state index contributed by atoms with van der Waals surface area (Å²) in [6, 6.07) is 3.77. The number of amides is 1. The van der Waals surface area contributed by atoms with Crippen LogP contribution in [-0.2, 0) is 11.3 Å². The molecule has 23 heavy (non-hydrogen) atoms. The summed E-state index contributed by atoms with van der Waals surface area (Å²) in [5, 5.41) is 5.93. The van der Waals surface area contributed by atoms with Crippen LogP contribution in [0.5, 0.6) is 0 Å². The Morgan fingerprint density at radius 3 is 3.04 bits per heavy atom. The van der Waals surface area contributed by atoms with E-state index in [2.05, 4.69) is 20.2 Å². The van der Waals surface area contributed by atoms with E-state index in [1.807, 2.05) is 36.5 Å². The highest BCUT2D eigenvalue weighted by molar-refractivity contribution is 7.13. The maximum absolute atomic E-state index is 12.6. The number of nitrogens with zero attached hydrogens (tertiary/aromatic N) is 4. The zero-order chi connectivity index (χ0) is 16.2. The molecule has 1 fully saturated rings. The number of pyridine rings is 1. The monoisotopic (exact) mass is 331 g/mol. The molecule has 0 unspecified atom stereocenters. The predicted molar refractivity (Wildman–Crippen MR) is 92.9 cm³/mol. The van der Waals surface area contributed by atoms with Crippen molar-refractivity contribution < 1.29 is 4.79 Å². The summed E-state index contributed by atoms with van der Waals surface area (Å²) in [6.45, 7) is 1.38. The van der Waals surface area contributed by atoms with Gasteiger partial charge in [0.15, 0.2) is 5.13 Å². The molecule has 2 aromatic rings. The van der Waals surface area contributed by atoms with Gasteiger partial charge in [-0.05, 0) is 18.9 Å². The third kappa shape index (κ3) is 3.44. The zero-order valence-corrected chi connectivity index (χ0v) is 14.2. The molecule has 0 bridgehead atoms. The van der Waals surface area contributed by atoms with Crippen molar-refractivity contribution in [1.29, 1.82) is 0 Å². The number of nitrogens with one attached hydrogen (secondary N) is 1. The number of carbonyl (C=O) groups excluding carboxylic acids is 1. The normalized spacial score (nSPS) is 17.3. The third-order valence-corrected chi connectivity index (χ3v) is 4.77. The molecule has 0 saturated carbocycles.